The van der Waals surface area contributed by atoms with Crippen LogP contribution in [0, 0.1) is 5.82 Å². The average molecular weight is 334 g/mol. The van der Waals surface area contributed by atoms with Crippen LogP contribution in [-0.4, -0.2) is 11.7 Å². The smallest absolute Gasteiger partial charge is 0.228 e. The molecular weight excluding hydrogens is 325 g/mol. The van der Waals surface area contributed by atoms with Crippen molar-refractivity contribution in [1.29, 1.82) is 0 Å². The van der Waals surface area contributed by atoms with Crippen molar-refractivity contribution in [1.82, 2.24) is 0 Å². The summed E-state index contributed by atoms with van der Waals surface area (Å²) in [6, 6.07) is 9.21. The molecule has 1 amide bonds. The zero-order valence-electron chi connectivity index (χ0n) is 10.2. The molecule has 5 heteroatoms. The van der Waals surface area contributed by atoms with Gasteiger partial charge in [-0.1, -0.05) is 0 Å². The fraction of sp³-hybridized carbons (Fsp3) is 0.0667. The van der Waals surface area contributed by atoms with Crippen LogP contribution in [0.2, 0.25) is 0 Å². The van der Waals surface area contributed by atoms with E-state index in [0.717, 1.165) is 11.3 Å². The Bertz CT molecular complexity index is 743. The second-order valence-electron chi connectivity index (χ2n) is 4.55. The number of nitrogens with one attached hydrogen (secondary N) is 1. The van der Waals surface area contributed by atoms with Crippen LogP contribution in [-0.2, 0) is 11.2 Å². The zero-order chi connectivity index (χ0) is 14.3. The molecule has 0 aromatic heterocycles. The Balaban J connectivity index is 1.97. The molecule has 0 bridgehead atoms. The zero-order valence-corrected chi connectivity index (χ0v) is 11.8. The topological polar surface area (TPSA) is 46.2 Å². The lowest BCUT2D eigenvalue weighted by molar-refractivity contribution is -0.115. The molecule has 1 N–H and O–H groups in total. The van der Waals surface area contributed by atoms with Crippen molar-refractivity contribution in [2.75, 3.05) is 5.32 Å². The van der Waals surface area contributed by atoms with Crippen molar-refractivity contribution in [3.05, 3.63) is 63.4 Å². The molecule has 100 valence electrons. The van der Waals surface area contributed by atoms with Crippen LogP contribution in [0.15, 0.2) is 40.9 Å². The van der Waals surface area contributed by atoms with E-state index in [0.29, 0.717) is 11.1 Å². The number of amides is 1. The fourth-order valence-electron chi connectivity index (χ4n) is 2.17. The number of ketones is 1. The van der Waals surface area contributed by atoms with Crippen molar-refractivity contribution in [2.45, 2.75) is 6.42 Å². The summed E-state index contributed by atoms with van der Waals surface area (Å²) in [7, 11) is 0. The molecule has 0 aliphatic carbocycles. The third kappa shape index (κ3) is 2.25. The number of anilines is 1. The molecule has 2 aromatic carbocycles. The molecule has 3 nitrogen and oxygen atoms in total. The van der Waals surface area contributed by atoms with Crippen molar-refractivity contribution in [3.63, 3.8) is 0 Å². The van der Waals surface area contributed by atoms with Crippen molar-refractivity contribution < 1.29 is 14.0 Å². The minimum atomic E-state index is -0.412. The largest absolute Gasteiger partial charge is 0.326 e. The number of fused-ring (bicyclic) bond motifs is 1. The molecule has 1 aliphatic heterocycles. The maximum absolute atomic E-state index is 13.2. The number of rotatable bonds is 2. The van der Waals surface area contributed by atoms with E-state index in [9.17, 15) is 14.0 Å². The molecule has 0 fully saturated rings. The van der Waals surface area contributed by atoms with Gasteiger partial charge in [0.2, 0.25) is 5.91 Å². The maximum atomic E-state index is 13.2. The monoisotopic (exact) mass is 333 g/mol. The van der Waals surface area contributed by atoms with Crippen LogP contribution in [0.5, 0.6) is 0 Å². The Morgan fingerprint density at radius 3 is 2.60 bits per heavy atom. The van der Waals surface area contributed by atoms with Gasteiger partial charge in [0.1, 0.15) is 5.82 Å². The highest BCUT2D eigenvalue weighted by molar-refractivity contribution is 9.10. The Labute approximate surface area is 122 Å². The van der Waals surface area contributed by atoms with Gasteiger partial charge in [0.25, 0.3) is 0 Å². The second kappa shape index (κ2) is 4.83. The quantitative estimate of drug-likeness (QED) is 0.857. The molecule has 0 saturated heterocycles. The second-order valence-corrected chi connectivity index (χ2v) is 5.41. The third-order valence-corrected chi connectivity index (χ3v) is 3.78. The first-order chi connectivity index (χ1) is 9.54. The highest BCUT2D eigenvalue weighted by Gasteiger charge is 2.19. The lowest BCUT2D eigenvalue weighted by Crippen LogP contribution is -2.03. The normalized spacial score (nSPS) is 13.0. The van der Waals surface area contributed by atoms with E-state index in [-0.39, 0.29) is 22.6 Å². The minimum absolute atomic E-state index is 0.0749. The predicted octanol–water partition coefficient (Wildman–Crippen LogP) is 3.31. The highest BCUT2D eigenvalue weighted by Crippen LogP contribution is 2.26. The lowest BCUT2D eigenvalue weighted by Gasteiger charge is -2.05. The summed E-state index contributed by atoms with van der Waals surface area (Å²) in [6.45, 7) is 0. The summed E-state index contributed by atoms with van der Waals surface area (Å²) >= 11 is 3.06. The van der Waals surface area contributed by atoms with Gasteiger partial charge < -0.3 is 5.32 Å². The molecule has 0 radical (unpaired) electrons. The van der Waals surface area contributed by atoms with Crippen LogP contribution in [0.4, 0.5) is 10.1 Å². The van der Waals surface area contributed by atoms with Crippen LogP contribution in [0.1, 0.15) is 21.5 Å². The first-order valence-corrected chi connectivity index (χ1v) is 6.76. The van der Waals surface area contributed by atoms with E-state index in [1.165, 1.54) is 18.2 Å². The Hall–Kier alpha value is -2.01. The first-order valence-electron chi connectivity index (χ1n) is 5.97. The van der Waals surface area contributed by atoms with Crippen LogP contribution in [0.25, 0.3) is 0 Å². The Kier molecular flexibility index (Phi) is 3.14. The number of benzene rings is 2. The molecule has 0 unspecified atom stereocenters. The molecule has 0 saturated carbocycles. The number of halogens is 2. The van der Waals surface area contributed by atoms with Crippen LogP contribution >= 0.6 is 15.9 Å². The van der Waals surface area contributed by atoms with Gasteiger partial charge in [-0.3, -0.25) is 9.59 Å². The number of hydrogen-bond donors (Lipinski definition) is 1. The van der Waals surface area contributed by atoms with Gasteiger partial charge in [0.15, 0.2) is 5.78 Å². The van der Waals surface area contributed by atoms with E-state index >= 15 is 0 Å². The van der Waals surface area contributed by atoms with E-state index in [1.54, 1.807) is 18.2 Å². The molecular formula is C15H9BrFNO2. The molecule has 3 rings (SSSR count). The minimum Gasteiger partial charge on any atom is -0.326 e. The Morgan fingerprint density at radius 1 is 1.15 bits per heavy atom. The van der Waals surface area contributed by atoms with Crippen molar-refractivity contribution in [3.8, 4) is 0 Å². The van der Waals surface area contributed by atoms with Gasteiger partial charge in [-0.15, -0.1) is 0 Å². The lowest BCUT2D eigenvalue weighted by atomic mass is 10.0. The SMILES string of the molecule is O=C1Cc2cc(C(=O)c3ccc(F)c(Br)c3)ccc2N1. The summed E-state index contributed by atoms with van der Waals surface area (Å²) in [5, 5.41) is 2.71. The third-order valence-electron chi connectivity index (χ3n) is 3.17. The van der Waals surface area contributed by atoms with Crippen molar-refractivity contribution >= 4 is 33.3 Å². The fourth-order valence-corrected chi connectivity index (χ4v) is 2.55. The van der Waals surface area contributed by atoms with E-state index in [4.69, 9.17) is 0 Å². The molecule has 20 heavy (non-hydrogen) atoms. The van der Waals surface area contributed by atoms with E-state index in [2.05, 4.69) is 21.2 Å². The molecule has 1 aliphatic rings. The summed E-state index contributed by atoms with van der Waals surface area (Å²) in [4.78, 5) is 23.6. The van der Waals surface area contributed by atoms with Crippen LogP contribution < -0.4 is 5.32 Å². The number of carbonyl (C=O) groups is 2. The van der Waals surface area contributed by atoms with Gasteiger partial charge in [-0.25, -0.2) is 4.39 Å². The summed E-state index contributed by atoms with van der Waals surface area (Å²) in [5.74, 6) is -0.688. The summed E-state index contributed by atoms with van der Waals surface area (Å²) < 4.78 is 13.4. The van der Waals surface area contributed by atoms with Gasteiger partial charge in [-0.05, 0) is 57.9 Å². The van der Waals surface area contributed by atoms with Gasteiger partial charge >= 0.3 is 0 Å². The summed E-state index contributed by atoms with van der Waals surface area (Å²) in [5.41, 5.74) is 2.43. The molecule has 0 spiro atoms. The number of carbonyl (C=O) groups excluding carboxylic acids is 2. The molecule has 2 aromatic rings. The van der Waals surface area contributed by atoms with Gasteiger partial charge in [-0.2, -0.15) is 0 Å². The average Bonchev–Trinajstić information content (AvgIpc) is 2.80. The standard InChI is InChI=1S/C15H9BrFNO2/c16-11-6-9(1-3-12(11)17)15(20)8-2-4-13-10(5-8)7-14(19)18-13/h1-6H,7H2,(H,18,19). The molecule has 1 heterocycles. The van der Waals surface area contributed by atoms with Gasteiger partial charge in [0, 0.05) is 16.8 Å². The first kappa shape index (κ1) is 13.0. The maximum Gasteiger partial charge on any atom is 0.228 e. The van der Waals surface area contributed by atoms with E-state index < -0.39 is 5.82 Å². The highest BCUT2D eigenvalue weighted by atomic mass is 79.9. The number of hydrogen-bond acceptors (Lipinski definition) is 2. The Morgan fingerprint density at radius 2 is 1.85 bits per heavy atom. The predicted molar refractivity (Wildman–Crippen MR) is 76.3 cm³/mol. The van der Waals surface area contributed by atoms with Crippen LogP contribution in [0.3, 0.4) is 0 Å². The summed E-state index contributed by atoms with van der Waals surface area (Å²) in [6.07, 6.45) is 0.281. The van der Waals surface area contributed by atoms with E-state index in [1.807, 2.05) is 0 Å². The van der Waals surface area contributed by atoms with Crippen molar-refractivity contribution in [2.24, 2.45) is 0 Å². The van der Waals surface area contributed by atoms with Gasteiger partial charge in [0.05, 0.1) is 10.9 Å². The molecule has 0 atom stereocenters.